The Morgan fingerprint density at radius 3 is 2.84 bits per heavy atom. The Labute approximate surface area is 117 Å². The molecule has 0 spiro atoms. The Hall–Kier alpha value is -1.52. The molecule has 1 aromatic heterocycles. The molecular formula is C14H17ClN2O2. The number of methoxy groups -OCH3 is 1. The van der Waals surface area contributed by atoms with Crippen molar-refractivity contribution in [2.45, 2.75) is 26.0 Å². The van der Waals surface area contributed by atoms with E-state index in [2.05, 4.69) is 12.0 Å². The Morgan fingerprint density at radius 2 is 2.16 bits per heavy atom. The van der Waals surface area contributed by atoms with Gasteiger partial charge in [0.25, 0.3) is 0 Å². The van der Waals surface area contributed by atoms with Crippen LogP contribution in [0.4, 0.5) is 0 Å². The predicted octanol–water partition coefficient (Wildman–Crippen LogP) is 3.04. The van der Waals surface area contributed by atoms with Gasteiger partial charge in [0, 0.05) is 12.1 Å². The summed E-state index contributed by atoms with van der Waals surface area (Å²) in [5.74, 6) is 0.635. The van der Waals surface area contributed by atoms with E-state index in [1.165, 1.54) is 0 Å². The molecule has 0 saturated carbocycles. The van der Waals surface area contributed by atoms with Crippen LogP contribution in [-0.2, 0) is 6.54 Å². The first-order chi connectivity index (χ1) is 9.19. The van der Waals surface area contributed by atoms with Crippen LogP contribution < -0.4 is 4.74 Å². The number of aliphatic hydroxyl groups excluding tert-OH is 1. The lowest BCUT2D eigenvalue weighted by Gasteiger charge is -2.16. The zero-order valence-electron chi connectivity index (χ0n) is 11.0. The lowest BCUT2D eigenvalue weighted by Crippen LogP contribution is -2.11. The van der Waals surface area contributed by atoms with Crippen LogP contribution in [0, 0.1) is 0 Å². The summed E-state index contributed by atoms with van der Waals surface area (Å²) in [6.45, 7) is 2.77. The first kappa shape index (κ1) is 13.9. The smallest absolute Gasteiger partial charge is 0.126 e. The highest BCUT2D eigenvalue weighted by Crippen LogP contribution is 2.33. The zero-order chi connectivity index (χ0) is 13.8. The van der Waals surface area contributed by atoms with E-state index in [-0.39, 0.29) is 0 Å². The average molecular weight is 281 g/mol. The predicted molar refractivity (Wildman–Crippen MR) is 74.6 cm³/mol. The summed E-state index contributed by atoms with van der Waals surface area (Å²) in [7, 11) is 1.58. The SMILES string of the molecule is CCCn1ncc(Cl)c1C(O)c1ccccc1OC. The molecule has 5 heteroatoms. The second-order valence-corrected chi connectivity index (χ2v) is 4.65. The highest BCUT2D eigenvalue weighted by molar-refractivity contribution is 6.31. The van der Waals surface area contributed by atoms with Crippen LogP contribution in [0.3, 0.4) is 0 Å². The van der Waals surface area contributed by atoms with Gasteiger partial charge in [-0.05, 0) is 12.5 Å². The number of aliphatic hydroxyl groups is 1. The van der Waals surface area contributed by atoms with Crippen molar-refractivity contribution in [3.8, 4) is 5.75 Å². The molecule has 1 N–H and O–H groups in total. The van der Waals surface area contributed by atoms with E-state index in [9.17, 15) is 5.11 Å². The molecule has 102 valence electrons. The number of nitrogens with zero attached hydrogens (tertiary/aromatic N) is 2. The fraction of sp³-hybridized carbons (Fsp3) is 0.357. The van der Waals surface area contributed by atoms with Gasteiger partial charge in [-0.1, -0.05) is 36.7 Å². The van der Waals surface area contributed by atoms with E-state index in [0.29, 0.717) is 28.6 Å². The quantitative estimate of drug-likeness (QED) is 0.916. The summed E-state index contributed by atoms with van der Waals surface area (Å²) in [5.41, 5.74) is 1.29. The van der Waals surface area contributed by atoms with Crippen LogP contribution >= 0.6 is 11.6 Å². The summed E-state index contributed by atoms with van der Waals surface area (Å²) in [5, 5.41) is 15.2. The van der Waals surface area contributed by atoms with Crippen molar-refractivity contribution in [2.24, 2.45) is 0 Å². The van der Waals surface area contributed by atoms with Crippen LogP contribution in [-0.4, -0.2) is 22.0 Å². The number of hydrogen-bond donors (Lipinski definition) is 1. The molecule has 2 rings (SSSR count). The van der Waals surface area contributed by atoms with Crippen molar-refractivity contribution in [1.82, 2.24) is 9.78 Å². The fourth-order valence-electron chi connectivity index (χ4n) is 2.07. The van der Waals surface area contributed by atoms with Crippen molar-refractivity contribution in [2.75, 3.05) is 7.11 Å². The van der Waals surface area contributed by atoms with Crippen molar-refractivity contribution >= 4 is 11.6 Å². The van der Waals surface area contributed by atoms with Crippen LogP contribution in [0.1, 0.15) is 30.7 Å². The van der Waals surface area contributed by atoms with Crippen molar-refractivity contribution in [1.29, 1.82) is 0 Å². The molecule has 1 heterocycles. The van der Waals surface area contributed by atoms with Crippen molar-refractivity contribution < 1.29 is 9.84 Å². The third-order valence-corrected chi connectivity index (χ3v) is 3.25. The largest absolute Gasteiger partial charge is 0.496 e. The van der Waals surface area contributed by atoms with E-state index in [4.69, 9.17) is 16.3 Å². The minimum Gasteiger partial charge on any atom is -0.496 e. The molecule has 0 bridgehead atoms. The molecule has 1 aromatic carbocycles. The second kappa shape index (κ2) is 6.08. The fourth-order valence-corrected chi connectivity index (χ4v) is 2.32. The summed E-state index contributed by atoms with van der Waals surface area (Å²) >= 11 is 6.14. The lowest BCUT2D eigenvalue weighted by atomic mass is 10.1. The maximum atomic E-state index is 10.6. The van der Waals surface area contributed by atoms with E-state index >= 15 is 0 Å². The number of ether oxygens (including phenoxy) is 1. The van der Waals surface area contributed by atoms with Gasteiger partial charge in [0.05, 0.1) is 24.0 Å². The van der Waals surface area contributed by atoms with Crippen LogP contribution in [0.25, 0.3) is 0 Å². The van der Waals surface area contributed by atoms with Crippen LogP contribution in [0.15, 0.2) is 30.5 Å². The number of para-hydroxylation sites is 1. The minimum absolute atomic E-state index is 0.465. The molecule has 1 unspecified atom stereocenters. The first-order valence-electron chi connectivity index (χ1n) is 6.21. The second-order valence-electron chi connectivity index (χ2n) is 4.25. The van der Waals surface area contributed by atoms with Gasteiger partial charge >= 0.3 is 0 Å². The molecule has 2 aromatic rings. The normalized spacial score (nSPS) is 12.4. The van der Waals surface area contributed by atoms with Gasteiger partial charge in [-0.2, -0.15) is 5.10 Å². The van der Waals surface area contributed by atoms with Crippen molar-refractivity contribution in [3.05, 3.63) is 46.7 Å². The Bertz CT molecular complexity index is 554. The Kier molecular flexibility index (Phi) is 4.45. The van der Waals surface area contributed by atoms with Gasteiger partial charge in [-0.15, -0.1) is 0 Å². The molecule has 1 atom stereocenters. The summed E-state index contributed by atoms with van der Waals surface area (Å²) in [6, 6.07) is 7.35. The monoisotopic (exact) mass is 280 g/mol. The van der Waals surface area contributed by atoms with Gasteiger partial charge in [-0.25, -0.2) is 0 Å². The van der Waals surface area contributed by atoms with E-state index in [1.54, 1.807) is 18.0 Å². The van der Waals surface area contributed by atoms with Gasteiger partial charge in [0.15, 0.2) is 0 Å². The molecule has 0 aliphatic carbocycles. The maximum absolute atomic E-state index is 10.6. The molecule has 0 fully saturated rings. The topological polar surface area (TPSA) is 47.3 Å². The van der Waals surface area contributed by atoms with E-state index in [1.807, 2.05) is 24.3 Å². The van der Waals surface area contributed by atoms with E-state index < -0.39 is 6.10 Å². The highest BCUT2D eigenvalue weighted by Gasteiger charge is 2.22. The highest BCUT2D eigenvalue weighted by atomic mass is 35.5. The number of halogens is 1. The number of benzene rings is 1. The number of rotatable bonds is 5. The molecule has 0 aliphatic heterocycles. The lowest BCUT2D eigenvalue weighted by molar-refractivity contribution is 0.202. The maximum Gasteiger partial charge on any atom is 0.126 e. The van der Waals surface area contributed by atoms with Gasteiger partial charge in [-0.3, -0.25) is 4.68 Å². The molecule has 0 amide bonds. The average Bonchev–Trinajstić information content (AvgIpc) is 2.79. The molecule has 0 radical (unpaired) electrons. The summed E-state index contributed by atoms with van der Waals surface area (Å²) in [6.07, 6.45) is 1.63. The van der Waals surface area contributed by atoms with Crippen LogP contribution in [0.5, 0.6) is 5.75 Å². The summed E-state index contributed by atoms with van der Waals surface area (Å²) in [4.78, 5) is 0. The number of hydrogen-bond acceptors (Lipinski definition) is 3. The standard InChI is InChI=1S/C14H17ClN2O2/c1-3-8-17-13(11(15)9-16-17)14(18)10-6-4-5-7-12(10)19-2/h4-7,9,14,18H,3,8H2,1-2H3. The van der Waals surface area contributed by atoms with Gasteiger partial charge < -0.3 is 9.84 Å². The Balaban J connectivity index is 2.43. The van der Waals surface area contributed by atoms with E-state index in [0.717, 1.165) is 6.42 Å². The number of aryl methyl sites for hydroxylation is 1. The zero-order valence-corrected chi connectivity index (χ0v) is 11.8. The minimum atomic E-state index is -0.849. The third-order valence-electron chi connectivity index (χ3n) is 2.96. The number of aromatic nitrogens is 2. The van der Waals surface area contributed by atoms with Crippen LogP contribution in [0.2, 0.25) is 5.02 Å². The Morgan fingerprint density at radius 1 is 1.42 bits per heavy atom. The molecule has 0 aliphatic rings. The van der Waals surface area contributed by atoms with Gasteiger partial charge in [0.2, 0.25) is 0 Å². The molecule has 0 saturated heterocycles. The first-order valence-corrected chi connectivity index (χ1v) is 6.59. The summed E-state index contributed by atoms with van der Waals surface area (Å²) < 4.78 is 7.01. The van der Waals surface area contributed by atoms with Gasteiger partial charge in [0.1, 0.15) is 11.9 Å². The van der Waals surface area contributed by atoms with Crippen molar-refractivity contribution in [3.63, 3.8) is 0 Å². The molecule has 19 heavy (non-hydrogen) atoms. The molecular weight excluding hydrogens is 264 g/mol. The molecule has 4 nitrogen and oxygen atoms in total. The third kappa shape index (κ3) is 2.74.